The molecule has 0 saturated carbocycles. The van der Waals surface area contributed by atoms with Gasteiger partial charge in [-0.3, -0.25) is 4.40 Å². The Kier molecular flexibility index (Phi) is 4.79. The van der Waals surface area contributed by atoms with Crippen LogP contribution in [0, 0.1) is 0 Å². The summed E-state index contributed by atoms with van der Waals surface area (Å²) in [5, 5.41) is 5.30. The molecule has 1 unspecified atom stereocenters. The molecule has 106 valence electrons. The Bertz CT molecular complexity index is 522. The molecule has 0 spiro atoms. The summed E-state index contributed by atoms with van der Waals surface area (Å²) in [6.07, 6.45) is 2.08. The number of methoxy groups -OCH3 is 1. The Morgan fingerprint density at radius 1 is 1.58 bits per heavy atom. The van der Waals surface area contributed by atoms with Crippen molar-refractivity contribution < 1.29 is 4.74 Å². The summed E-state index contributed by atoms with van der Waals surface area (Å²) >= 11 is 1.67. The van der Waals surface area contributed by atoms with E-state index in [1.165, 1.54) is 5.69 Å². The van der Waals surface area contributed by atoms with Gasteiger partial charge in [-0.15, -0.1) is 11.3 Å². The maximum absolute atomic E-state index is 5.27. The molecule has 0 aliphatic heterocycles. The number of hydrogen-bond acceptors (Lipinski definition) is 5. The van der Waals surface area contributed by atoms with Crippen LogP contribution in [0.4, 0.5) is 5.82 Å². The molecule has 19 heavy (non-hydrogen) atoms. The Morgan fingerprint density at radius 2 is 2.37 bits per heavy atom. The maximum atomic E-state index is 5.27. The number of rotatable bonds is 7. The van der Waals surface area contributed by atoms with Gasteiger partial charge in [0, 0.05) is 31.8 Å². The van der Waals surface area contributed by atoms with Crippen LogP contribution in [0.2, 0.25) is 0 Å². The smallest absolute Gasteiger partial charge is 0.195 e. The van der Waals surface area contributed by atoms with Crippen molar-refractivity contribution in [3.8, 4) is 0 Å². The lowest BCUT2D eigenvalue weighted by atomic mass is 10.2. The van der Waals surface area contributed by atoms with Crippen LogP contribution < -0.4 is 10.2 Å². The average Bonchev–Trinajstić information content (AvgIpc) is 2.95. The molecule has 1 N–H and O–H groups in total. The van der Waals surface area contributed by atoms with E-state index in [4.69, 9.17) is 9.72 Å². The fourth-order valence-corrected chi connectivity index (χ4v) is 3.11. The summed E-state index contributed by atoms with van der Waals surface area (Å²) in [4.78, 5) is 8.12. The van der Waals surface area contributed by atoms with E-state index in [0.29, 0.717) is 12.6 Å². The van der Waals surface area contributed by atoms with Crippen molar-refractivity contribution in [3.63, 3.8) is 0 Å². The number of nitrogens with zero attached hydrogens (tertiary/aromatic N) is 3. The predicted molar refractivity (Wildman–Crippen MR) is 80.2 cm³/mol. The van der Waals surface area contributed by atoms with Crippen LogP contribution >= 0.6 is 11.3 Å². The number of aromatic nitrogens is 2. The number of fused-ring (bicyclic) bond motifs is 1. The first-order chi connectivity index (χ1) is 9.22. The van der Waals surface area contributed by atoms with Gasteiger partial charge < -0.3 is 15.0 Å². The van der Waals surface area contributed by atoms with Gasteiger partial charge in [0.1, 0.15) is 0 Å². The Hall–Kier alpha value is -1.11. The third-order valence-electron chi connectivity index (χ3n) is 3.24. The molecule has 0 aliphatic rings. The molecule has 2 aromatic rings. The SMILES string of the molecule is CCN(c1nc2sccn2c1CNC)C(C)COC. The quantitative estimate of drug-likeness (QED) is 0.843. The number of likely N-dealkylation sites (N-methyl/N-ethyl adjacent to an activating group) is 1. The highest BCUT2D eigenvalue weighted by Gasteiger charge is 2.21. The first-order valence-electron chi connectivity index (χ1n) is 6.57. The van der Waals surface area contributed by atoms with E-state index in [9.17, 15) is 0 Å². The minimum Gasteiger partial charge on any atom is -0.383 e. The fourth-order valence-electron chi connectivity index (χ4n) is 2.38. The van der Waals surface area contributed by atoms with Gasteiger partial charge >= 0.3 is 0 Å². The molecule has 5 nitrogen and oxygen atoms in total. The number of nitrogens with one attached hydrogen (secondary N) is 1. The molecular formula is C13H22N4OS. The third kappa shape index (κ3) is 2.75. The molecule has 0 fully saturated rings. The normalized spacial score (nSPS) is 13.1. The maximum Gasteiger partial charge on any atom is 0.195 e. The molecule has 0 saturated heterocycles. The largest absolute Gasteiger partial charge is 0.383 e. The third-order valence-corrected chi connectivity index (χ3v) is 3.99. The van der Waals surface area contributed by atoms with Gasteiger partial charge in [-0.2, -0.15) is 0 Å². The lowest BCUT2D eigenvalue weighted by Crippen LogP contribution is -2.37. The van der Waals surface area contributed by atoms with Crippen LogP contribution in [-0.4, -0.2) is 42.7 Å². The molecule has 0 bridgehead atoms. The summed E-state index contributed by atoms with van der Waals surface area (Å²) in [5.41, 5.74) is 1.21. The first-order valence-corrected chi connectivity index (χ1v) is 7.45. The minimum atomic E-state index is 0.315. The Morgan fingerprint density at radius 3 is 3.00 bits per heavy atom. The lowest BCUT2D eigenvalue weighted by Gasteiger charge is -2.28. The molecular weight excluding hydrogens is 260 g/mol. The first kappa shape index (κ1) is 14.3. The van der Waals surface area contributed by atoms with Gasteiger partial charge in [-0.05, 0) is 20.9 Å². The summed E-state index contributed by atoms with van der Waals surface area (Å²) in [7, 11) is 3.70. The van der Waals surface area contributed by atoms with E-state index in [1.807, 2.05) is 7.05 Å². The summed E-state index contributed by atoms with van der Waals surface area (Å²) in [6, 6.07) is 0.315. The van der Waals surface area contributed by atoms with Crippen LogP contribution in [0.5, 0.6) is 0 Å². The van der Waals surface area contributed by atoms with Crippen LogP contribution in [-0.2, 0) is 11.3 Å². The minimum absolute atomic E-state index is 0.315. The summed E-state index contributed by atoms with van der Waals surface area (Å²) in [5.74, 6) is 1.06. The molecule has 2 aromatic heterocycles. The van der Waals surface area contributed by atoms with Gasteiger partial charge in [-0.1, -0.05) is 0 Å². The second-order valence-electron chi connectivity index (χ2n) is 4.56. The molecule has 0 radical (unpaired) electrons. The van der Waals surface area contributed by atoms with Gasteiger partial charge in [0.05, 0.1) is 18.3 Å². The van der Waals surface area contributed by atoms with Gasteiger partial charge in [-0.25, -0.2) is 4.98 Å². The van der Waals surface area contributed by atoms with E-state index in [2.05, 4.69) is 40.0 Å². The average molecular weight is 282 g/mol. The van der Waals surface area contributed by atoms with Crippen LogP contribution in [0.1, 0.15) is 19.5 Å². The second kappa shape index (κ2) is 6.36. The molecule has 0 aromatic carbocycles. The fraction of sp³-hybridized carbons (Fsp3) is 0.615. The summed E-state index contributed by atoms with van der Waals surface area (Å²) < 4.78 is 7.44. The predicted octanol–water partition coefficient (Wildman–Crippen LogP) is 1.98. The number of thiazole rings is 1. The van der Waals surface area contributed by atoms with Crippen molar-refractivity contribution in [1.29, 1.82) is 0 Å². The van der Waals surface area contributed by atoms with Crippen LogP contribution in [0.25, 0.3) is 4.96 Å². The van der Waals surface area contributed by atoms with E-state index in [0.717, 1.165) is 23.9 Å². The van der Waals surface area contributed by atoms with Gasteiger partial charge in [0.25, 0.3) is 0 Å². The highest BCUT2D eigenvalue weighted by molar-refractivity contribution is 7.15. The number of imidazole rings is 1. The van der Waals surface area contributed by atoms with Crippen LogP contribution in [0.15, 0.2) is 11.6 Å². The van der Waals surface area contributed by atoms with Gasteiger partial charge in [0.2, 0.25) is 0 Å². The zero-order valence-corrected chi connectivity index (χ0v) is 12.8. The van der Waals surface area contributed by atoms with E-state index in [-0.39, 0.29) is 0 Å². The Labute approximate surface area is 118 Å². The van der Waals surface area contributed by atoms with E-state index >= 15 is 0 Å². The molecule has 0 aliphatic carbocycles. The van der Waals surface area contributed by atoms with Crippen molar-refractivity contribution in [2.45, 2.75) is 26.4 Å². The zero-order chi connectivity index (χ0) is 13.8. The molecule has 2 heterocycles. The van der Waals surface area contributed by atoms with Crippen molar-refractivity contribution in [3.05, 3.63) is 17.3 Å². The zero-order valence-electron chi connectivity index (χ0n) is 12.0. The number of hydrogen-bond donors (Lipinski definition) is 1. The van der Waals surface area contributed by atoms with Crippen molar-refractivity contribution in [2.75, 3.05) is 32.2 Å². The molecule has 2 rings (SSSR count). The topological polar surface area (TPSA) is 41.8 Å². The monoisotopic (exact) mass is 282 g/mol. The van der Waals surface area contributed by atoms with E-state index < -0.39 is 0 Å². The standard InChI is InChI=1S/C13H22N4OS/c1-5-16(10(2)9-18-4)12-11(8-14-3)17-6-7-19-13(17)15-12/h6-7,10,14H,5,8-9H2,1-4H3. The van der Waals surface area contributed by atoms with E-state index in [1.54, 1.807) is 18.4 Å². The second-order valence-corrected chi connectivity index (χ2v) is 5.43. The highest BCUT2D eigenvalue weighted by atomic mass is 32.1. The lowest BCUT2D eigenvalue weighted by molar-refractivity contribution is 0.181. The number of anilines is 1. The molecule has 0 amide bonds. The van der Waals surface area contributed by atoms with Crippen molar-refractivity contribution >= 4 is 22.1 Å². The van der Waals surface area contributed by atoms with Crippen molar-refractivity contribution in [1.82, 2.24) is 14.7 Å². The molecule has 1 atom stereocenters. The summed E-state index contributed by atoms with van der Waals surface area (Å²) in [6.45, 7) is 6.76. The highest BCUT2D eigenvalue weighted by Crippen LogP contribution is 2.26. The number of ether oxygens (including phenoxy) is 1. The Balaban J connectivity index is 2.40. The van der Waals surface area contributed by atoms with Gasteiger partial charge in [0.15, 0.2) is 10.8 Å². The molecule has 6 heteroatoms. The van der Waals surface area contributed by atoms with Crippen molar-refractivity contribution in [2.24, 2.45) is 0 Å². The van der Waals surface area contributed by atoms with Crippen LogP contribution in [0.3, 0.4) is 0 Å².